The van der Waals surface area contributed by atoms with Gasteiger partial charge in [0.1, 0.15) is 24.8 Å². The first-order valence-corrected chi connectivity index (χ1v) is 8.14. The van der Waals surface area contributed by atoms with E-state index in [1.807, 2.05) is 68.7 Å². The first-order valence-electron chi connectivity index (χ1n) is 8.14. The molecule has 0 aromatic carbocycles. The van der Waals surface area contributed by atoms with Crippen LogP contribution in [0, 0.1) is 13.8 Å². The van der Waals surface area contributed by atoms with Crippen molar-refractivity contribution in [3.05, 3.63) is 90.3 Å². The number of nitrogens with zero attached hydrogens (tertiary/aromatic N) is 3. The van der Waals surface area contributed by atoms with E-state index in [0.717, 1.165) is 17.8 Å². The van der Waals surface area contributed by atoms with Crippen LogP contribution in [0.2, 0.25) is 0 Å². The van der Waals surface area contributed by atoms with Gasteiger partial charge in [-0.25, -0.2) is 0 Å². The van der Waals surface area contributed by atoms with Crippen molar-refractivity contribution in [2.75, 3.05) is 0 Å². The zero-order valence-electron chi connectivity index (χ0n) is 15.2. The van der Waals surface area contributed by atoms with E-state index in [4.69, 9.17) is 23.9 Å². The molecule has 0 atom stereocenters. The van der Waals surface area contributed by atoms with Gasteiger partial charge in [0.15, 0.2) is 11.4 Å². The van der Waals surface area contributed by atoms with Crippen LogP contribution >= 0.6 is 0 Å². The molecule has 3 heterocycles. The first-order chi connectivity index (χ1) is 11.9. The summed E-state index contributed by atoms with van der Waals surface area (Å²) in [5.41, 5.74) is 3.41. The second-order valence-electron chi connectivity index (χ2n) is 5.51. The summed E-state index contributed by atoms with van der Waals surface area (Å²) in [6.07, 6.45) is 8.36. The highest BCUT2D eigenvalue weighted by Gasteiger charge is 1.99. The molecule has 0 saturated carbocycles. The molecular formula is C19H23B3N3+3. The van der Waals surface area contributed by atoms with Gasteiger partial charge in [-0.05, 0) is 30.7 Å². The van der Waals surface area contributed by atoms with Crippen molar-refractivity contribution in [3.8, 4) is 0 Å². The molecule has 3 aromatic heterocycles. The topological polar surface area (TPSA) is 11.6 Å². The standard InChI is InChI=1S/C8H11BN.C6H7BN.C5H5BN/c1-3-8-5-4-7(2)10(9)6-8;1-6-4-2-3-5-8(6)7;6-7-4-2-1-3-5-7/h4-6H,3H2,1-2H3;2-5H,1H3;1-5H/q3*+1. The van der Waals surface area contributed by atoms with Crippen LogP contribution in [0.25, 0.3) is 0 Å². The van der Waals surface area contributed by atoms with Crippen LogP contribution in [0.3, 0.4) is 0 Å². The maximum absolute atomic E-state index is 5.61. The lowest BCUT2D eigenvalue weighted by Crippen LogP contribution is -2.34. The maximum atomic E-state index is 5.61. The number of aryl methyl sites for hydroxylation is 3. The van der Waals surface area contributed by atoms with Gasteiger partial charge in [0.2, 0.25) is 0 Å². The minimum absolute atomic E-state index is 1.04. The molecule has 0 aliphatic rings. The Morgan fingerprint density at radius 1 is 0.720 bits per heavy atom. The Balaban J connectivity index is 0.000000191. The van der Waals surface area contributed by atoms with Gasteiger partial charge in [0.05, 0.1) is 0 Å². The summed E-state index contributed by atoms with van der Waals surface area (Å²) < 4.78 is 4.73. The minimum atomic E-state index is 1.04. The second kappa shape index (κ2) is 11.2. The molecule has 0 amide bonds. The van der Waals surface area contributed by atoms with Crippen LogP contribution in [0.5, 0.6) is 0 Å². The van der Waals surface area contributed by atoms with E-state index in [9.17, 15) is 0 Å². The van der Waals surface area contributed by atoms with Crippen molar-refractivity contribution < 1.29 is 13.4 Å². The molecule has 0 fully saturated rings. The summed E-state index contributed by atoms with van der Waals surface area (Å²) in [6.45, 7) is 6.06. The van der Waals surface area contributed by atoms with Crippen LogP contribution in [-0.4, -0.2) is 23.9 Å². The first kappa shape index (κ1) is 20.7. The molecule has 25 heavy (non-hydrogen) atoms. The molecule has 0 aliphatic heterocycles. The fourth-order valence-electron chi connectivity index (χ4n) is 1.80. The van der Waals surface area contributed by atoms with Gasteiger partial charge in [-0.1, -0.05) is 19.1 Å². The van der Waals surface area contributed by atoms with E-state index in [2.05, 4.69) is 13.0 Å². The van der Waals surface area contributed by atoms with Gasteiger partial charge < -0.3 is 0 Å². The Kier molecular flexibility index (Phi) is 9.30. The Morgan fingerprint density at radius 3 is 1.72 bits per heavy atom. The molecule has 3 aromatic rings. The van der Waals surface area contributed by atoms with Crippen LogP contribution in [0.15, 0.2) is 73.3 Å². The van der Waals surface area contributed by atoms with Crippen molar-refractivity contribution in [2.45, 2.75) is 27.2 Å². The van der Waals surface area contributed by atoms with E-state index in [1.165, 1.54) is 10.0 Å². The smallest absolute Gasteiger partial charge is 0.293 e. The molecule has 0 aliphatic carbocycles. The molecule has 0 saturated heterocycles. The number of hydrogen-bond donors (Lipinski definition) is 0. The molecule has 0 unspecified atom stereocenters. The monoisotopic (exact) mass is 326 g/mol. The van der Waals surface area contributed by atoms with E-state index >= 15 is 0 Å². The molecule has 6 radical (unpaired) electrons. The lowest BCUT2D eigenvalue weighted by Gasteiger charge is -1.95. The fourth-order valence-corrected chi connectivity index (χ4v) is 1.80. The lowest BCUT2D eigenvalue weighted by atomic mass is 10.2. The van der Waals surface area contributed by atoms with Crippen molar-refractivity contribution >= 4 is 23.9 Å². The highest BCUT2D eigenvalue weighted by Crippen LogP contribution is 1.96. The highest BCUT2D eigenvalue weighted by molar-refractivity contribution is 5.95. The third-order valence-corrected chi connectivity index (χ3v) is 3.50. The molecule has 0 spiro atoms. The van der Waals surface area contributed by atoms with E-state index in [1.54, 1.807) is 21.3 Å². The SMILES string of the molecule is [B][n+]1cc(CC)ccc1C.[B][n+]1ccccc1.[B][n+]1ccccc1C. The van der Waals surface area contributed by atoms with Gasteiger partial charge in [-0.2, -0.15) is 0 Å². The van der Waals surface area contributed by atoms with Crippen LogP contribution in [0.1, 0.15) is 23.9 Å². The average molecular weight is 326 g/mol. The molecule has 0 bridgehead atoms. The zero-order valence-corrected chi connectivity index (χ0v) is 15.2. The summed E-state index contributed by atoms with van der Waals surface area (Å²) >= 11 is 0. The average Bonchev–Trinajstić information content (AvgIpc) is 2.62. The lowest BCUT2D eigenvalue weighted by molar-refractivity contribution is -0.530. The molecule has 6 heteroatoms. The van der Waals surface area contributed by atoms with Crippen LogP contribution in [0.4, 0.5) is 0 Å². The van der Waals surface area contributed by atoms with Crippen molar-refractivity contribution in [2.24, 2.45) is 0 Å². The summed E-state index contributed by atoms with van der Waals surface area (Å²) in [6, 6.07) is 15.6. The molecular weight excluding hydrogens is 303 g/mol. The second-order valence-corrected chi connectivity index (χ2v) is 5.51. The van der Waals surface area contributed by atoms with Crippen molar-refractivity contribution in [3.63, 3.8) is 0 Å². The fraction of sp³-hybridized carbons (Fsp3) is 0.211. The summed E-state index contributed by atoms with van der Waals surface area (Å²) in [5, 5.41) is 0. The molecule has 3 nitrogen and oxygen atoms in total. The Hall–Kier alpha value is -2.36. The summed E-state index contributed by atoms with van der Waals surface area (Å²) in [5.74, 6) is 0. The molecule has 0 N–H and O–H groups in total. The normalized spacial score (nSPS) is 9.24. The van der Waals surface area contributed by atoms with E-state index in [-0.39, 0.29) is 0 Å². The van der Waals surface area contributed by atoms with Crippen molar-refractivity contribution in [1.82, 2.24) is 0 Å². The number of pyridine rings is 3. The highest BCUT2D eigenvalue weighted by atomic mass is 14.8. The predicted molar refractivity (Wildman–Crippen MR) is 102 cm³/mol. The van der Waals surface area contributed by atoms with Gasteiger partial charge in [-0.3, -0.25) is 13.4 Å². The van der Waals surface area contributed by atoms with Crippen LogP contribution < -0.4 is 13.4 Å². The van der Waals surface area contributed by atoms with Crippen LogP contribution in [-0.2, 0) is 6.42 Å². The third-order valence-electron chi connectivity index (χ3n) is 3.50. The van der Waals surface area contributed by atoms with Gasteiger partial charge in [0, 0.05) is 31.5 Å². The Bertz CT molecular complexity index is 744. The quantitative estimate of drug-likeness (QED) is 0.589. The van der Waals surface area contributed by atoms with Gasteiger partial charge in [0.25, 0.3) is 0 Å². The molecule has 120 valence electrons. The number of rotatable bonds is 1. The predicted octanol–water partition coefficient (Wildman–Crippen LogP) is 0.896. The van der Waals surface area contributed by atoms with Crippen molar-refractivity contribution in [1.29, 1.82) is 0 Å². The van der Waals surface area contributed by atoms with E-state index in [0.29, 0.717) is 0 Å². The number of aromatic nitrogens is 3. The van der Waals surface area contributed by atoms with E-state index < -0.39 is 0 Å². The van der Waals surface area contributed by atoms with Gasteiger partial charge in [-0.15, -0.1) is 0 Å². The molecule has 3 rings (SSSR count). The zero-order chi connectivity index (χ0) is 18.7. The summed E-state index contributed by atoms with van der Waals surface area (Å²) in [4.78, 5) is 0. The Labute approximate surface area is 155 Å². The number of hydrogen-bond acceptors (Lipinski definition) is 0. The minimum Gasteiger partial charge on any atom is -0.293 e. The maximum Gasteiger partial charge on any atom is 0.586 e. The Morgan fingerprint density at radius 2 is 1.32 bits per heavy atom. The van der Waals surface area contributed by atoms with Gasteiger partial charge >= 0.3 is 23.9 Å². The largest absolute Gasteiger partial charge is 0.586 e. The summed E-state index contributed by atoms with van der Waals surface area (Å²) in [7, 11) is 16.3. The third kappa shape index (κ3) is 8.34.